The summed E-state index contributed by atoms with van der Waals surface area (Å²) >= 11 is 0. The molecule has 0 amide bonds. The van der Waals surface area contributed by atoms with Gasteiger partial charge >= 0.3 is 0 Å². The molecule has 2 saturated carbocycles. The first-order chi connectivity index (χ1) is 6.81. The Balaban J connectivity index is 1.69. The first-order valence-electron chi connectivity index (χ1n) is 6.22. The van der Waals surface area contributed by atoms with E-state index in [1.165, 1.54) is 32.1 Å². The molecule has 14 heavy (non-hydrogen) atoms. The zero-order valence-electron chi connectivity index (χ0n) is 9.21. The van der Waals surface area contributed by atoms with Gasteiger partial charge in [0.25, 0.3) is 0 Å². The minimum Gasteiger partial charge on any atom is -0.393 e. The lowest BCUT2D eigenvalue weighted by Gasteiger charge is -2.21. The van der Waals surface area contributed by atoms with Crippen LogP contribution in [0.25, 0.3) is 0 Å². The highest BCUT2D eigenvalue weighted by Gasteiger charge is 2.31. The third-order valence-corrected chi connectivity index (χ3v) is 3.89. The highest BCUT2D eigenvalue weighted by Crippen LogP contribution is 2.34. The molecule has 0 aromatic heterocycles. The fraction of sp³-hybridized carbons (Fsp3) is 1.00. The van der Waals surface area contributed by atoms with E-state index in [0.717, 1.165) is 24.9 Å². The third-order valence-electron chi connectivity index (χ3n) is 3.89. The van der Waals surface area contributed by atoms with Crippen molar-refractivity contribution in [1.29, 1.82) is 0 Å². The van der Waals surface area contributed by atoms with Crippen LogP contribution in [0.2, 0.25) is 0 Å². The van der Waals surface area contributed by atoms with Crippen LogP contribution in [0.15, 0.2) is 0 Å². The highest BCUT2D eigenvalue weighted by molar-refractivity contribution is 4.87. The van der Waals surface area contributed by atoms with E-state index in [9.17, 15) is 5.11 Å². The maximum Gasteiger partial charge on any atom is 0.0580 e. The molecule has 0 aromatic carbocycles. The van der Waals surface area contributed by atoms with E-state index in [1.54, 1.807) is 0 Å². The zero-order valence-corrected chi connectivity index (χ0v) is 9.21. The smallest absolute Gasteiger partial charge is 0.0580 e. The lowest BCUT2D eigenvalue weighted by atomic mass is 10.0. The lowest BCUT2D eigenvalue weighted by molar-refractivity contribution is 0.129. The molecular formula is C12H23NO. The van der Waals surface area contributed by atoms with Crippen molar-refractivity contribution < 1.29 is 5.11 Å². The third kappa shape index (κ3) is 2.48. The first-order valence-corrected chi connectivity index (χ1v) is 6.22. The predicted molar refractivity (Wildman–Crippen MR) is 58.2 cm³/mol. The van der Waals surface area contributed by atoms with Gasteiger partial charge in [-0.15, -0.1) is 0 Å². The van der Waals surface area contributed by atoms with Crippen LogP contribution in [0.1, 0.15) is 45.4 Å². The second-order valence-electron chi connectivity index (χ2n) is 5.02. The summed E-state index contributed by atoms with van der Waals surface area (Å²) < 4.78 is 0. The van der Waals surface area contributed by atoms with Gasteiger partial charge in [0, 0.05) is 12.6 Å². The van der Waals surface area contributed by atoms with Crippen LogP contribution in [0, 0.1) is 11.8 Å². The Hall–Kier alpha value is -0.0800. The van der Waals surface area contributed by atoms with Crippen molar-refractivity contribution in [1.82, 2.24) is 5.32 Å². The summed E-state index contributed by atoms with van der Waals surface area (Å²) in [6.07, 6.45) is 7.50. The molecule has 2 aliphatic rings. The molecule has 0 spiro atoms. The first kappa shape index (κ1) is 10.4. The average molecular weight is 197 g/mol. The normalized spacial score (nSPS) is 34.7. The standard InChI is InChI=1S/C12H23NO/c1-2-11(9-6-7-9)13-8-10-4-3-5-12(10)14/h9-14H,2-8H2,1H3. The molecule has 2 rings (SSSR count). The van der Waals surface area contributed by atoms with E-state index in [0.29, 0.717) is 5.92 Å². The van der Waals surface area contributed by atoms with Gasteiger partial charge in [0.05, 0.1) is 6.10 Å². The van der Waals surface area contributed by atoms with E-state index in [1.807, 2.05) is 0 Å². The molecular weight excluding hydrogens is 174 g/mol. The lowest BCUT2D eigenvalue weighted by Crippen LogP contribution is -2.36. The van der Waals surface area contributed by atoms with Crippen LogP contribution in [-0.2, 0) is 0 Å². The van der Waals surface area contributed by atoms with Crippen molar-refractivity contribution >= 4 is 0 Å². The Kier molecular flexibility index (Phi) is 3.45. The molecule has 2 fully saturated rings. The van der Waals surface area contributed by atoms with Gasteiger partial charge in [-0.3, -0.25) is 0 Å². The maximum absolute atomic E-state index is 9.69. The van der Waals surface area contributed by atoms with E-state index < -0.39 is 0 Å². The molecule has 0 aliphatic heterocycles. The SMILES string of the molecule is CCC(NCC1CCCC1O)C1CC1. The minimum atomic E-state index is -0.0285. The largest absolute Gasteiger partial charge is 0.393 e. The summed E-state index contributed by atoms with van der Waals surface area (Å²) in [5, 5.41) is 13.3. The van der Waals surface area contributed by atoms with Crippen molar-refractivity contribution in [3.05, 3.63) is 0 Å². The molecule has 2 aliphatic carbocycles. The van der Waals surface area contributed by atoms with Crippen molar-refractivity contribution in [2.45, 2.75) is 57.6 Å². The van der Waals surface area contributed by atoms with E-state index in [4.69, 9.17) is 0 Å². The van der Waals surface area contributed by atoms with E-state index in [2.05, 4.69) is 12.2 Å². The van der Waals surface area contributed by atoms with Crippen molar-refractivity contribution in [2.75, 3.05) is 6.54 Å². The van der Waals surface area contributed by atoms with Gasteiger partial charge in [0.1, 0.15) is 0 Å². The minimum absolute atomic E-state index is 0.0285. The van der Waals surface area contributed by atoms with E-state index >= 15 is 0 Å². The van der Waals surface area contributed by atoms with Gasteiger partial charge in [-0.2, -0.15) is 0 Å². The number of nitrogens with one attached hydrogen (secondary N) is 1. The second kappa shape index (κ2) is 4.63. The fourth-order valence-electron chi connectivity index (χ4n) is 2.70. The predicted octanol–water partition coefficient (Wildman–Crippen LogP) is 1.93. The molecule has 3 unspecified atom stereocenters. The van der Waals surface area contributed by atoms with Gasteiger partial charge in [0.2, 0.25) is 0 Å². The van der Waals surface area contributed by atoms with Crippen molar-refractivity contribution in [3.8, 4) is 0 Å². The average Bonchev–Trinajstić information content (AvgIpc) is 2.93. The molecule has 0 heterocycles. The summed E-state index contributed by atoms with van der Waals surface area (Å²) in [7, 11) is 0. The number of aliphatic hydroxyl groups is 1. The zero-order chi connectivity index (χ0) is 9.97. The molecule has 2 nitrogen and oxygen atoms in total. The van der Waals surface area contributed by atoms with Gasteiger partial charge in [0.15, 0.2) is 0 Å². The summed E-state index contributed by atoms with van der Waals surface area (Å²) in [5.74, 6) is 1.47. The molecule has 2 N–H and O–H groups in total. The number of aliphatic hydroxyl groups excluding tert-OH is 1. The monoisotopic (exact) mass is 197 g/mol. The molecule has 0 aromatic rings. The molecule has 0 saturated heterocycles. The van der Waals surface area contributed by atoms with Crippen LogP contribution >= 0.6 is 0 Å². The topological polar surface area (TPSA) is 32.3 Å². The van der Waals surface area contributed by atoms with Gasteiger partial charge in [-0.05, 0) is 43.9 Å². The van der Waals surface area contributed by atoms with Gasteiger partial charge in [-0.25, -0.2) is 0 Å². The number of rotatable bonds is 5. The van der Waals surface area contributed by atoms with Crippen LogP contribution in [0.3, 0.4) is 0 Å². The second-order valence-corrected chi connectivity index (χ2v) is 5.02. The Bertz CT molecular complexity index is 177. The molecule has 2 heteroatoms. The van der Waals surface area contributed by atoms with Crippen LogP contribution < -0.4 is 5.32 Å². The van der Waals surface area contributed by atoms with Crippen LogP contribution in [-0.4, -0.2) is 23.8 Å². The summed E-state index contributed by atoms with van der Waals surface area (Å²) in [4.78, 5) is 0. The number of hydrogen-bond donors (Lipinski definition) is 2. The maximum atomic E-state index is 9.69. The quantitative estimate of drug-likeness (QED) is 0.706. The Labute approximate surface area is 87.1 Å². The summed E-state index contributed by atoms with van der Waals surface area (Å²) in [6, 6.07) is 0.725. The molecule has 3 atom stereocenters. The summed E-state index contributed by atoms with van der Waals surface area (Å²) in [6.45, 7) is 3.30. The van der Waals surface area contributed by atoms with Crippen LogP contribution in [0.5, 0.6) is 0 Å². The summed E-state index contributed by atoms with van der Waals surface area (Å²) in [5.41, 5.74) is 0. The van der Waals surface area contributed by atoms with Crippen LogP contribution in [0.4, 0.5) is 0 Å². The Morgan fingerprint density at radius 3 is 2.57 bits per heavy atom. The molecule has 0 bridgehead atoms. The van der Waals surface area contributed by atoms with Gasteiger partial charge in [-0.1, -0.05) is 13.3 Å². The fourth-order valence-corrected chi connectivity index (χ4v) is 2.70. The number of hydrogen-bond acceptors (Lipinski definition) is 2. The van der Waals surface area contributed by atoms with Gasteiger partial charge < -0.3 is 10.4 Å². The Morgan fingerprint density at radius 1 is 1.29 bits per heavy atom. The van der Waals surface area contributed by atoms with Crippen molar-refractivity contribution in [2.24, 2.45) is 11.8 Å². The molecule has 0 radical (unpaired) electrons. The van der Waals surface area contributed by atoms with E-state index in [-0.39, 0.29) is 6.10 Å². The molecule has 82 valence electrons. The Morgan fingerprint density at radius 2 is 2.07 bits per heavy atom. The highest BCUT2D eigenvalue weighted by atomic mass is 16.3. The van der Waals surface area contributed by atoms with Crippen molar-refractivity contribution in [3.63, 3.8) is 0 Å².